The Balaban J connectivity index is 1.19. The van der Waals surface area contributed by atoms with E-state index < -0.39 is 0 Å². The first-order chi connectivity index (χ1) is 15.2. The molecule has 1 aliphatic heterocycles. The van der Waals surface area contributed by atoms with Crippen molar-refractivity contribution in [3.63, 3.8) is 0 Å². The van der Waals surface area contributed by atoms with Gasteiger partial charge in [0.15, 0.2) is 0 Å². The largest absolute Gasteiger partial charge is 0.351 e. The zero-order valence-electron chi connectivity index (χ0n) is 18.2. The molecule has 0 radical (unpaired) electrons. The molecule has 0 saturated carbocycles. The summed E-state index contributed by atoms with van der Waals surface area (Å²) in [6.45, 7) is 6.05. The highest BCUT2D eigenvalue weighted by atomic mass is 32.2. The molecular weight excluding hydrogens is 400 g/mol. The molecule has 3 aromatic rings. The van der Waals surface area contributed by atoms with Crippen LogP contribution in [0.3, 0.4) is 0 Å². The molecule has 3 aromatic carbocycles. The Morgan fingerprint density at radius 2 is 1.65 bits per heavy atom. The highest BCUT2D eigenvalue weighted by molar-refractivity contribution is 7.98. The van der Waals surface area contributed by atoms with Crippen LogP contribution in [0.25, 0.3) is 0 Å². The minimum atomic E-state index is 0.0155. The van der Waals surface area contributed by atoms with E-state index in [9.17, 15) is 4.79 Å². The molecular formula is C27H31N2OS+. The molecule has 0 bridgehead atoms. The molecule has 1 heterocycles. The van der Waals surface area contributed by atoms with Crippen LogP contribution in [0.15, 0.2) is 72.8 Å². The molecule has 4 rings (SSSR count). The lowest BCUT2D eigenvalue weighted by Gasteiger charge is -2.26. The van der Waals surface area contributed by atoms with E-state index in [2.05, 4.69) is 72.9 Å². The summed E-state index contributed by atoms with van der Waals surface area (Å²) in [5.41, 5.74) is 7.62. The summed E-state index contributed by atoms with van der Waals surface area (Å²) >= 11 is 1.85. The topological polar surface area (TPSA) is 33.5 Å². The third kappa shape index (κ3) is 6.22. The van der Waals surface area contributed by atoms with Crippen LogP contribution in [0, 0.1) is 6.92 Å². The predicted octanol–water partition coefficient (Wildman–Crippen LogP) is 3.80. The van der Waals surface area contributed by atoms with Crippen molar-refractivity contribution in [2.75, 3.05) is 18.8 Å². The second-order valence-electron chi connectivity index (χ2n) is 8.36. The molecule has 4 heteroatoms. The number of hydrogen-bond acceptors (Lipinski definition) is 2. The van der Waals surface area contributed by atoms with E-state index in [1.165, 1.54) is 34.4 Å². The van der Waals surface area contributed by atoms with Gasteiger partial charge in [0.25, 0.3) is 5.91 Å². The van der Waals surface area contributed by atoms with Crippen LogP contribution in [-0.2, 0) is 25.3 Å². The average Bonchev–Trinajstić information content (AvgIpc) is 2.80. The SMILES string of the molecule is Cc1ccc(CSCCNC(=O)c2ccc(C[NH+]3CCc4ccccc4C3)cc2)cc1. The predicted molar refractivity (Wildman–Crippen MR) is 129 cm³/mol. The monoisotopic (exact) mass is 431 g/mol. The van der Waals surface area contributed by atoms with Gasteiger partial charge in [0.2, 0.25) is 0 Å². The Bertz CT molecular complexity index is 999. The van der Waals surface area contributed by atoms with E-state index >= 15 is 0 Å². The summed E-state index contributed by atoms with van der Waals surface area (Å²) in [7, 11) is 0. The zero-order chi connectivity index (χ0) is 21.5. The maximum atomic E-state index is 12.4. The number of amides is 1. The van der Waals surface area contributed by atoms with Gasteiger partial charge in [-0.3, -0.25) is 4.79 Å². The van der Waals surface area contributed by atoms with Gasteiger partial charge in [-0.05, 0) is 30.2 Å². The van der Waals surface area contributed by atoms with E-state index in [4.69, 9.17) is 0 Å². The number of benzene rings is 3. The minimum Gasteiger partial charge on any atom is -0.351 e. The van der Waals surface area contributed by atoms with E-state index in [1.54, 1.807) is 4.90 Å². The Hall–Kier alpha value is -2.56. The van der Waals surface area contributed by atoms with Crippen molar-refractivity contribution in [3.8, 4) is 0 Å². The number of fused-ring (bicyclic) bond motifs is 1. The van der Waals surface area contributed by atoms with Crippen molar-refractivity contribution in [1.82, 2.24) is 5.32 Å². The third-order valence-electron chi connectivity index (χ3n) is 5.90. The van der Waals surface area contributed by atoms with Gasteiger partial charge in [0, 0.05) is 41.2 Å². The fraction of sp³-hybridized carbons (Fsp3) is 0.296. The zero-order valence-corrected chi connectivity index (χ0v) is 19.0. The highest BCUT2D eigenvalue weighted by Gasteiger charge is 2.19. The first kappa shape index (κ1) is 21.7. The summed E-state index contributed by atoms with van der Waals surface area (Å²) in [5, 5.41) is 3.04. The third-order valence-corrected chi connectivity index (χ3v) is 6.93. The number of carbonyl (C=O) groups is 1. The van der Waals surface area contributed by atoms with Crippen LogP contribution < -0.4 is 10.2 Å². The van der Waals surface area contributed by atoms with Gasteiger partial charge >= 0.3 is 0 Å². The lowest BCUT2D eigenvalue weighted by molar-refractivity contribution is -0.929. The molecule has 0 fully saturated rings. The van der Waals surface area contributed by atoms with Gasteiger partial charge in [-0.15, -0.1) is 0 Å². The number of aryl methyl sites for hydroxylation is 1. The molecule has 1 aliphatic rings. The molecule has 3 nitrogen and oxygen atoms in total. The van der Waals surface area contributed by atoms with Gasteiger partial charge in [-0.1, -0.05) is 66.2 Å². The van der Waals surface area contributed by atoms with Crippen molar-refractivity contribution >= 4 is 17.7 Å². The van der Waals surface area contributed by atoms with E-state index in [1.807, 2.05) is 23.9 Å². The van der Waals surface area contributed by atoms with Crippen LogP contribution in [0.1, 0.15) is 38.2 Å². The van der Waals surface area contributed by atoms with Crippen molar-refractivity contribution in [2.24, 2.45) is 0 Å². The number of rotatable bonds is 8. The molecule has 0 aliphatic carbocycles. The Labute approximate surface area is 189 Å². The number of hydrogen-bond donors (Lipinski definition) is 2. The summed E-state index contributed by atoms with van der Waals surface area (Å²) in [5.74, 6) is 1.91. The van der Waals surface area contributed by atoms with Crippen LogP contribution >= 0.6 is 11.8 Å². The van der Waals surface area contributed by atoms with Crippen molar-refractivity contribution < 1.29 is 9.69 Å². The van der Waals surface area contributed by atoms with Crippen LogP contribution in [0.4, 0.5) is 0 Å². The lowest BCUT2D eigenvalue weighted by Crippen LogP contribution is -3.10. The van der Waals surface area contributed by atoms with Crippen molar-refractivity contribution in [3.05, 3.63) is 106 Å². The molecule has 0 spiro atoms. The quantitative estimate of drug-likeness (QED) is 0.532. The summed E-state index contributed by atoms with van der Waals surface area (Å²) < 4.78 is 0. The maximum Gasteiger partial charge on any atom is 0.251 e. The Morgan fingerprint density at radius 1 is 0.935 bits per heavy atom. The van der Waals surface area contributed by atoms with Gasteiger partial charge in [-0.25, -0.2) is 0 Å². The van der Waals surface area contributed by atoms with Gasteiger partial charge in [-0.2, -0.15) is 11.8 Å². The lowest BCUT2D eigenvalue weighted by atomic mass is 9.99. The Morgan fingerprint density at radius 3 is 2.42 bits per heavy atom. The smallest absolute Gasteiger partial charge is 0.251 e. The summed E-state index contributed by atoms with van der Waals surface area (Å²) in [6, 6.07) is 25.5. The summed E-state index contributed by atoms with van der Waals surface area (Å²) in [6.07, 6.45) is 1.15. The van der Waals surface area contributed by atoms with Crippen molar-refractivity contribution in [2.45, 2.75) is 32.2 Å². The average molecular weight is 432 g/mol. The molecule has 0 saturated heterocycles. The Kier molecular flexibility index (Phi) is 7.44. The fourth-order valence-corrected chi connectivity index (χ4v) is 4.89. The minimum absolute atomic E-state index is 0.0155. The molecule has 31 heavy (non-hydrogen) atoms. The molecule has 0 aromatic heterocycles. The summed E-state index contributed by atoms with van der Waals surface area (Å²) in [4.78, 5) is 14.0. The number of carbonyl (C=O) groups excluding carboxylic acids is 1. The van der Waals surface area contributed by atoms with Crippen LogP contribution in [0.5, 0.6) is 0 Å². The van der Waals surface area contributed by atoms with E-state index in [0.29, 0.717) is 6.54 Å². The van der Waals surface area contributed by atoms with Crippen molar-refractivity contribution in [1.29, 1.82) is 0 Å². The highest BCUT2D eigenvalue weighted by Crippen LogP contribution is 2.13. The van der Waals surface area contributed by atoms with Gasteiger partial charge in [0.1, 0.15) is 13.1 Å². The first-order valence-electron chi connectivity index (χ1n) is 11.1. The first-order valence-corrected chi connectivity index (χ1v) is 12.2. The fourth-order valence-electron chi connectivity index (χ4n) is 4.07. The van der Waals surface area contributed by atoms with Crippen LogP contribution in [0.2, 0.25) is 0 Å². The molecule has 2 N–H and O–H groups in total. The number of thioether (sulfide) groups is 1. The maximum absolute atomic E-state index is 12.4. The number of nitrogens with one attached hydrogen (secondary N) is 2. The van der Waals surface area contributed by atoms with E-state index in [0.717, 1.165) is 36.6 Å². The van der Waals surface area contributed by atoms with Gasteiger partial charge in [0.05, 0.1) is 6.54 Å². The molecule has 1 amide bonds. The number of quaternary nitrogens is 1. The standard InChI is InChI=1S/C27H30N2OS/c1-21-6-8-23(9-7-21)20-31-17-15-28-27(30)25-12-10-22(11-13-25)18-29-16-14-24-4-2-3-5-26(24)19-29/h2-13H,14-20H2,1H3,(H,28,30)/p+1. The molecule has 1 unspecified atom stereocenters. The second-order valence-corrected chi connectivity index (χ2v) is 9.47. The van der Waals surface area contributed by atoms with Crippen LogP contribution in [-0.4, -0.2) is 24.7 Å². The second kappa shape index (κ2) is 10.7. The van der Waals surface area contributed by atoms with Gasteiger partial charge < -0.3 is 10.2 Å². The normalized spacial score (nSPS) is 15.3. The molecule has 1 atom stereocenters. The molecule has 160 valence electrons. The van der Waals surface area contributed by atoms with E-state index in [-0.39, 0.29) is 5.91 Å².